The van der Waals surface area contributed by atoms with Crippen LogP contribution in [0.25, 0.3) is 0 Å². The Hall–Kier alpha value is -1.49. The minimum atomic E-state index is -3.94. The lowest BCUT2D eigenvalue weighted by atomic mass is 10.2. The second-order valence-corrected chi connectivity index (χ2v) is 11.6. The SMILES string of the molecule is CCN(CC)CCNc1sc(S(=O)(=O)CC)nc1S(=O)(=O)c1ccc(C)cc1. The molecule has 1 aromatic heterocycles. The molecule has 0 spiro atoms. The van der Waals surface area contributed by atoms with Crippen LogP contribution in [0.1, 0.15) is 26.3 Å². The van der Waals surface area contributed by atoms with E-state index in [4.69, 9.17) is 0 Å². The number of sulfone groups is 2. The topological polar surface area (TPSA) is 96.4 Å². The van der Waals surface area contributed by atoms with Crippen LogP contribution in [0.3, 0.4) is 0 Å². The molecular weight excluding hydrogens is 418 g/mol. The first kappa shape index (κ1) is 22.8. The molecule has 1 heterocycles. The number of hydrogen-bond donors (Lipinski definition) is 1. The first-order valence-corrected chi connectivity index (χ1v) is 13.1. The van der Waals surface area contributed by atoms with Crippen molar-refractivity contribution >= 4 is 36.0 Å². The molecule has 0 amide bonds. The molecule has 156 valence electrons. The molecule has 10 heteroatoms. The van der Waals surface area contributed by atoms with Crippen molar-refractivity contribution in [3.8, 4) is 0 Å². The van der Waals surface area contributed by atoms with Crippen LogP contribution in [0.4, 0.5) is 5.00 Å². The summed E-state index contributed by atoms with van der Waals surface area (Å²) in [5, 5.41) is 3.12. The largest absolute Gasteiger partial charge is 0.373 e. The van der Waals surface area contributed by atoms with Gasteiger partial charge in [-0.15, -0.1) is 0 Å². The summed E-state index contributed by atoms with van der Waals surface area (Å²) in [6, 6.07) is 6.43. The van der Waals surface area contributed by atoms with Gasteiger partial charge in [0, 0.05) is 13.1 Å². The number of nitrogens with zero attached hydrogens (tertiary/aromatic N) is 2. The first-order valence-electron chi connectivity index (χ1n) is 9.17. The van der Waals surface area contributed by atoms with Crippen LogP contribution in [0, 0.1) is 6.92 Å². The Balaban J connectivity index is 2.44. The average Bonchev–Trinajstić information content (AvgIpc) is 3.11. The molecule has 1 aromatic carbocycles. The van der Waals surface area contributed by atoms with Gasteiger partial charge in [-0.1, -0.05) is 49.8 Å². The van der Waals surface area contributed by atoms with Crippen LogP contribution in [-0.4, -0.2) is 58.7 Å². The molecule has 28 heavy (non-hydrogen) atoms. The van der Waals surface area contributed by atoms with Crippen molar-refractivity contribution in [2.75, 3.05) is 37.2 Å². The standard InChI is InChI=1S/C18H27N3O4S3/c1-5-21(6-2)13-12-19-16-17(20-18(26-16)27(22,23)7-3)28(24,25)15-10-8-14(4)9-11-15/h8-11,19H,5-7,12-13H2,1-4H3. The molecule has 1 N–H and O–H groups in total. The maximum atomic E-state index is 13.1. The zero-order valence-electron chi connectivity index (χ0n) is 16.6. The Labute approximate surface area is 171 Å². The summed E-state index contributed by atoms with van der Waals surface area (Å²) >= 11 is 0.875. The molecule has 0 radical (unpaired) electrons. The van der Waals surface area contributed by atoms with E-state index in [2.05, 4.69) is 29.0 Å². The van der Waals surface area contributed by atoms with Crippen LogP contribution >= 0.6 is 11.3 Å². The van der Waals surface area contributed by atoms with E-state index in [0.29, 0.717) is 13.1 Å². The normalized spacial score (nSPS) is 12.5. The second kappa shape index (κ2) is 9.34. The maximum absolute atomic E-state index is 13.1. The van der Waals surface area contributed by atoms with Gasteiger partial charge in [0.1, 0.15) is 5.00 Å². The van der Waals surface area contributed by atoms with Gasteiger partial charge in [0.05, 0.1) is 10.6 Å². The monoisotopic (exact) mass is 445 g/mol. The number of anilines is 1. The third-order valence-electron chi connectivity index (χ3n) is 4.42. The van der Waals surface area contributed by atoms with Crippen molar-refractivity contribution in [1.82, 2.24) is 9.88 Å². The highest BCUT2D eigenvalue weighted by Crippen LogP contribution is 2.34. The fourth-order valence-electron chi connectivity index (χ4n) is 2.53. The number of benzene rings is 1. The molecule has 2 aromatic rings. The highest BCUT2D eigenvalue weighted by Gasteiger charge is 2.29. The Kier molecular flexibility index (Phi) is 7.60. The minimum absolute atomic E-state index is 0.0932. The van der Waals surface area contributed by atoms with E-state index in [9.17, 15) is 16.8 Å². The summed E-state index contributed by atoms with van der Waals surface area (Å²) in [7, 11) is -7.54. The number of aryl methyl sites for hydroxylation is 1. The summed E-state index contributed by atoms with van der Waals surface area (Å²) in [6.45, 7) is 10.4. The average molecular weight is 446 g/mol. The van der Waals surface area contributed by atoms with E-state index >= 15 is 0 Å². The van der Waals surface area contributed by atoms with Crippen LogP contribution in [0.2, 0.25) is 0 Å². The van der Waals surface area contributed by atoms with Crippen LogP contribution in [-0.2, 0) is 19.7 Å². The van der Waals surface area contributed by atoms with Gasteiger partial charge in [-0.2, -0.15) is 0 Å². The Morgan fingerprint density at radius 3 is 2.18 bits per heavy atom. The summed E-state index contributed by atoms with van der Waals surface area (Å²) in [5.74, 6) is -0.135. The van der Waals surface area contributed by atoms with E-state index in [0.717, 1.165) is 30.0 Å². The smallest absolute Gasteiger partial charge is 0.226 e. The lowest BCUT2D eigenvalue weighted by Crippen LogP contribution is -2.28. The molecule has 0 fully saturated rings. The zero-order valence-corrected chi connectivity index (χ0v) is 19.0. The zero-order chi connectivity index (χ0) is 20.9. The number of likely N-dealkylation sites (N-methyl/N-ethyl adjacent to an activating group) is 1. The van der Waals surface area contributed by atoms with Crippen LogP contribution in [0.5, 0.6) is 0 Å². The lowest BCUT2D eigenvalue weighted by molar-refractivity contribution is 0.316. The Bertz CT molecular complexity index is 993. The molecule has 0 bridgehead atoms. The van der Waals surface area contributed by atoms with Gasteiger partial charge in [0.15, 0.2) is 5.03 Å². The van der Waals surface area contributed by atoms with Gasteiger partial charge in [0.2, 0.25) is 24.0 Å². The molecule has 2 rings (SSSR count). The number of thiazole rings is 1. The van der Waals surface area contributed by atoms with Gasteiger partial charge >= 0.3 is 0 Å². The van der Waals surface area contributed by atoms with Gasteiger partial charge < -0.3 is 10.2 Å². The molecule has 0 saturated heterocycles. The summed E-state index contributed by atoms with van der Waals surface area (Å²) in [5.41, 5.74) is 0.934. The van der Waals surface area contributed by atoms with E-state index in [1.165, 1.54) is 19.1 Å². The molecular formula is C18H27N3O4S3. The van der Waals surface area contributed by atoms with Crippen molar-refractivity contribution < 1.29 is 16.8 Å². The first-order chi connectivity index (χ1) is 13.2. The van der Waals surface area contributed by atoms with Crippen LogP contribution in [0.15, 0.2) is 38.5 Å². The number of nitrogens with one attached hydrogen (secondary N) is 1. The molecule has 0 unspecified atom stereocenters. The minimum Gasteiger partial charge on any atom is -0.373 e. The van der Waals surface area contributed by atoms with E-state index in [1.807, 2.05) is 6.92 Å². The van der Waals surface area contributed by atoms with Crippen LogP contribution < -0.4 is 5.32 Å². The van der Waals surface area contributed by atoms with Gasteiger partial charge in [-0.05, 0) is 32.1 Å². The van der Waals surface area contributed by atoms with E-state index in [-0.39, 0.29) is 25.0 Å². The number of hydrogen-bond acceptors (Lipinski definition) is 8. The molecule has 0 aliphatic carbocycles. The molecule has 0 aliphatic rings. The van der Waals surface area contributed by atoms with Crippen molar-refractivity contribution in [3.05, 3.63) is 29.8 Å². The summed E-state index contributed by atoms with van der Waals surface area (Å²) in [4.78, 5) is 6.31. The third-order valence-corrected chi connectivity index (χ3v) is 9.45. The lowest BCUT2D eigenvalue weighted by Gasteiger charge is -2.18. The number of rotatable bonds is 10. The van der Waals surface area contributed by atoms with E-state index < -0.39 is 19.7 Å². The van der Waals surface area contributed by atoms with Crippen molar-refractivity contribution in [2.24, 2.45) is 0 Å². The predicted molar refractivity (Wildman–Crippen MR) is 113 cm³/mol. The highest BCUT2D eigenvalue weighted by molar-refractivity contribution is 7.94. The quantitative estimate of drug-likeness (QED) is 0.601. The fraction of sp³-hybridized carbons (Fsp3) is 0.500. The van der Waals surface area contributed by atoms with Gasteiger partial charge in [-0.3, -0.25) is 0 Å². The molecule has 7 nitrogen and oxygen atoms in total. The maximum Gasteiger partial charge on any atom is 0.226 e. The van der Waals surface area contributed by atoms with Gasteiger partial charge in [0.25, 0.3) is 0 Å². The van der Waals surface area contributed by atoms with Gasteiger partial charge in [-0.25, -0.2) is 21.8 Å². The highest BCUT2D eigenvalue weighted by atomic mass is 32.2. The molecule has 0 atom stereocenters. The second-order valence-electron chi connectivity index (χ2n) is 6.29. The fourth-order valence-corrected chi connectivity index (χ4v) is 6.56. The van der Waals surface area contributed by atoms with Crippen molar-refractivity contribution in [1.29, 1.82) is 0 Å². The molecule has 0 saturated carbocycles. The predicted octanol–water partition coefficient (Wildman–Crippen LogP) is 2.83. The Morgan fingerprint density at radius 1 is 1.04 bits per heavy atom. The van der Waals surface area contributed by atoms with E-state index in [1.54, 1.807) is 12.1 Å². The van der Waals surface area contributed by atoms with Crippen molar-refractivity contribution in [2.45, 2.75) is 42.0 Å². The third kappa shape index (κ3) is 5.11. The van der Waals surface area contributed by atoms with Crippen molar-refractivity contribution in [3.63, 3.8) is 0 Å². The summed E-state index contributed by atoms with van der Waals surface area (Å²) < 4.78 is 50.6. The molecule has 0 aliphatic heterocycles. The number of aromatic nitrogens is 1. The summed E-state index contributed by atoms with van der Waals surface area (Å²) in [6.07, 6.45) is 0. The Morgan fingerprint density at radius 2 is 1.64 bits per heavy atom.